The molecule has 4 rings (SSSR count). The van der Waals surface area contributed by atoms with Crippen molar-refractivity contribution in [2.45, 2.75) is 95.6 Å². The number of unbranched alkanes of at least 4 members (excludes halogenated alkanes) is 2. The van der Waals surface area contributed by atoms with Gasteiger partial charge >= 0.3 is 0 Å². The van der Waals surface area contributed by atoms with E-state index in [9.17, 15) is 9.59 Å². The SMILES string of the molecule is C=CSc1c(-c2cccc(Br)c2SC(=O)C(=C)C)ccc(Sc2ccc(-c3cccc(Br)c3SC(=O)C(=C)C)c(SC=C)c2CCCC)c1CCCC. The Balaban J connectivity index is 1.95. The summed E-state index contributed by atoms with van der Waals surface area (Å²) >= 11 is 15.0. The molecular weight excluding hydrogens is 881 g/mol. The molecule has 4 aromatic rings. The van der Waals surface area contributed by atoms with Crippen LogP contribution in [0.5, 0.6) is 0 Å². The first-order valence-electron chi connectivity index (χ1n) is 17.3. The van der Waals surface area contributed by atoms with Crippen LogP contribution in [0.4, 0.5) is 0 Å². The molecule has 0 aliphatic rings. The molecule has 0 aliphatic heterocycles. The fourth-order valence-electron chi connectivity index (χ4n) is 5.58. The summed E-state index contributed by atoms with van der Waals surface area (Å²) in [5.41, 5.74) is 7.77. The van der Waals surface area contributed by atoms with Crippen molar-refractivity contribution >= 4 is 101 Å². The molecule has 0 saturated heterocycles. The molecule has 0 unspecified atom stereocenters. The second-order valence-electron chi connectivity index (χ2n) is 12.3. The standard InChI is InChI=1S/C44H44Br2O2S5/c1-9-13-17-33-37(25-23-31(39(33)49-11-3)29-19-15-21-35(45)41(29)52-43(47)27(5)6)51-38-26-24-32(40(50-12-4)34(38)18-14-10-2)30-20-16-22-36(46)42(30)53-44(48)28(7)8/h11-12,15-16,19-26H,3-5,7,9-10,13-14,17-18H2,1-2,6,8H3. The third-order valence-electron chi connectivity index (χ3n) is 8.22. The average molecular weight is 925 g/mol. The molecule has 0 bridgehead atoms. The number of hydrogen-bond acceptors (Lipinski definition) is 7. The van der Waals surface area contributed by atoms with Crippen molar-refractivity contribution in [2.75, 3.05) is 0 Å². The highest BCUT2D eigenvalue weighted by atomic mass is 79.9. The van der Waals surface area contributed by atoms with E-state index in [-0.39, 0.29) is 10.2 Å². The van der Waals surface area contributed by atoms with E-state index in [1.54, 1.807) is 37.4 Å². The van der Waals surface area contributed by atoms with Gasteiger partial charge in [0.15, 0.2) is 0 Å². The molecule has 0 atom stereocenters. The maximum Gasteiger partial charge on any atom is 0.219 e. The van der Waals surface area contributed by atoms with Crippen LogP contribution in [-0.4, -0.2) is 10.2 Å². The Morgan fingerprint density at radius 2 is 0.981 bits per heavy atom. The van der Waals surface area contributed by atoms with Crippen LogP contribution in [0.15, 0.2) is 147 Å². The number of hydrogen-bond donors (Lipinski definition) is 0. The lowest BCUT2D eigenvalue weighted by Gasteiger charge is -2.22. The van der Waals surface area contributed by atoms with E-state index in [4.69, 9.17) is 0 Å². The molecule has 0 spiro atoms. The van der Waals surface area contributed by atoms with Gasteiger partial charge in [0.25, 0.3) is 0 Å². The molecule has 4 aromatic carbocycles. The van der Waals surface area contributed by atoms with Gasteiger partial charge in [0.2, 0.25) is 10.2 Å². The van der Waals surface area contributed by atoms with E-state index in [0.717, 1.165) is 89.3 Å². The molecule has 0 fully saturated rings. The minimum atomic E-state index is -0.0540. The molecule has 0 aromatic heterocycles. The average Bonchev–Trinajstić information content (AvgIpc) is 3.13. The van der Waals surface area contributed by atoms with E-state index >= 15 is 0 Å². The van der Waals surface area contributed by atoms with E-state index in [2.05, 4.69) is 108 Å². The minimum Gasteiger partial charge on any atom is -0.282 e. The number of carbonyl (C=O) groups excluding carboxylic acids is 2. The highest BCUT2D eigenvalue weighted by Crippen LogP contribution is 2.50. The third-order valence-corrected chi connectivity index (χ3v) is 15.4. The Bertz CT molecular complexity index is 1910. The molecule has 0 heterocycles. The van der Waals surface area contributed by atoms with Crippen molar-refractivity contribution in [1.29, 1.82) is 0 Å². The van der Waals surface area contributed by atoms with Gasteiger partial charge in [-0.1, -0.05) is 125 Å². The normalized spacial score (nSPS) is 11.0. The maximum atomic E-state index is 12.9. The van der Waals surface area contributed by atoms with Crippen LogP contribution in [0, 0.1) is 0 Å². The minimum absolute atomic E-state index is 0.0540. The van der Waals surface area contributed by atoms with Gasteiger partial charge in [0.05, 0.1) is 0 Å². The van der Waals surface area contributed by atoms with Gasteiger partial charge in [-0.2, -0.15) is 0 Å². The first kappa shape index (κ1) is 43.6. The first-order valence-corrected chi connectivity index (χ1v) is 23.1. The van der Waals surface area contributed by atoms with Crippen LogP contribution in [0.25, 0.3) is 22.3 Å². The van der Waals surface area contributed by atoms with Crippen molar-refractivity contribution in [2.24, 2.45) is 0 Å². The summed E-state index contributed by atoms with van der Waals surface area (Å²) in [6.45, 7) is 24.0. The monoisotopic (exact) mass is 922 g/mol. The lowest BCUT2D eigenvalue weighted by molar-refractivity contribution is -0.108. The zero-order valence-electron chi connectivity index (χ0n) is 30.6. The van der Waals surface area contributed by atoms with Crippen LogP contribution >= 0.6 is 90.7 Å². The number of thioether (sulfide) groups is 4. The van der Waals surface area contributed by atoms with Crippen LogP contribution < -0.4 is 0 Å². The van der Waals surface area contributed by atoms with Gasteiger partial charge in [-0.05, 0) is 175 Å². The second-order valence-corrected chi connectivity index (χ2v) is 19.0. The van der Waals surface area contributed by atoms with Crippen molar-refractivity contribution in [3.05, 3.63) is 129 Å². The maximum absolute atomic E-state index is 12.9. The topological polar surface area (TPSA) is 34.1 Å². The molecule has 0 aliphatic carbocycles. The Morgan fingerprint density at radius 1 is 0.604 bits per heavy atom. The third kappa shape index (κ3) is 11.0. The van der Waals surface area contributed by atoms with Crippen molar-refractivity contribution in [3.8, 4) is 22.3 Å². The van der Waals surface area contributed by atoms with E-state index in [1.165, 1.54) is 44.4 Å². The Hall–Kier alpha value is -2.11. The summed E-state index contributed by atoms with van der Waals surface area (Å²) in [6.07, 6.45) is 6.04. The zero-order valence-corrected chi connectivity index (χ0v) is 37.9. The Morgan fingerprint density at radius 3 is 1.32 bits per heavy atom. The van der Waals surface area contributed by atoms with E-state index in [0.29, 0.717) is 11.1 Å². The molecule has 0 N–H and O–H groups in total. The quantitative estimate of drug-likeness (QED) is 0.0726. The van der Waals surface area contributed by atoms with Crippen LogP contribution in [-0.2, 0) is 22.4 Å². The Labute approximate surface area is 354 Å². The van der Waals surface area contributed by atoms with Gasteiger partial charge in [-0.15, -0.1) is 0 Å². The smallest absolute Gasteiger partial charge is 0.219 e. The molecule has 2 nitrogen and oxygen atoms in total. The summed E-state index contributed by atoms with van der Waals surface area (Å²) in [7, 11) is 0. The zero-order chi connectivity index (χ0) is 38.7. The molecule has 0 saturated carbocycles. The summed E-state index contributed by atoms with van der Waals surface area (Å²) in [4.78, 5) is 32.3. The van der Waals surface area contributed by atoms with E-state index in [1.807, 2.05) is 46.8 Å². The number of halogens is 2. The molecule has 0 amide bonds. The summed E-state index contributed by atoms with van der Waals surface area (Å²) in [6, 6.07) is 21.1. The molecule has 9 heteroatoms. The number of rotatable bonds is 18. The van der Waals surface area contributed by atoms with Crippen LogP contribution in [0.1, 0.15) is 64.5 Å². The predicted molar refractivity (Wildman–Crippen MR) is 244 cm³/mol. The molecule has 276 valence electrons. The summed E-state index contributed by atoms with van der Waals surface area (Å²) in [5, 5.41) is 3.70. The van der Waals surface area contributed by atoms with Gasteiger partial charge in [0.1, 0.15) is 0 Å². The van der Waals surface area contributed by atoms with Crippen molar-refractivity contribution in [3.63, 3.8) is 0 Å². The largest absolute Gasteiger partial charge is 0.282 e. The fourth-order valence-corrected chi connectivity index (χ4v) is 11.4. The lowest BCUT2D eigenvalue weighted by Crippen LogP contribution is -2.00. The predicted octanol–water partition coefficient (Wildman–Crippen LogP) is 16.2. The summed E-state index contributed by atoms with van der Waals surface area (Å²) in [5.74, 6) is 0. The van der Waals surface area contributed by atoms with Crippen LogP contribution in [0.3, 0.4) is 0 Å². The highest BCUT2D eigenvalue weighted by Gasteiger charge is 2.24. The lowest BCUT2D eigenvalue weighted by atomic mass is 9.99. The number of benzene rings is 4. The first-order chi connectivity index (χ1) is 25.5. The van der Waals surface area contributed by atoms with Crippen LogP contribution in [0.2, 0.25) is 0 Å². The van der Waals surface area contributed by atoms with E-state index < -0.39 is 0 Å². The molecule has 53 heavy (non-hydrogen) atoms. The van der Waals surface area contributed by atoms with Gasteiger partial charge < -0.3 is 0 Å². The van der Waals surface area contributed by atoms with Gasteiger partial charge in [0, 0.05) is 38.3 Å². The fraction of sp³-hybridized carbons (Fsp3) is 0.227. The highest BCUT2D eigenvalue weighted by molar-refractivity contribution is 9.10. The van der Waals surface area contributed by atoms with Crippen molar-refractivity contribution < 1.29 is 9.59 Å². The molecular formula is C44H44Br2O2S5. The Kier molecular flexibility index (Phi) is 17.5. The van der Waals surface area contributed by atoms with Crippen molar-refractivity contribution in [1.82, 2.24) is 0 Å². The number of carbonyl (C=O) groups is 2. The molecule has 0 radical (unpaired) electrons. The summed E-state index contributed by atoms with van der Waals surface area (Å²) < 4.78 is 1.75. The van der Waals surface area contributed by atoms with Gasteiger partial charge in [-0.3, -0.25) is 9.59 Å². The van der Waals surface area contributed by atoms with Gasteiger partial charge in [-0.25, -0.2) is 0 Å². The second kappa shape index (κ2) is 21.3.